The maximum atomic E-state index is 11.8. The number of rotatable bonds is 4. The summed E-state index contributed by atoms with van der Waals surface area (Å²) in [7, 11) is 0. The van der Waals surface area contributed by atoms with Gasteiger partial charge in [-0.2, -0.15) is 0 Å². The molecule has 0 saturated carbocycles. The largest absolute Gasteiger partial charge is 0.366 e. The second kappa shape index (κ2) is 6.04. The van der Waals surface area contributed by atoms with E-state index in [2.05, 4.69) is 20.3 Å². The lowest BCUT2D eigenvalue weighted by molar-refractivity contribution is -0.116. The molecule has 0 atom stereocenters. The van der Waals surface area contributed by atoms with Crippen LogP contribution in [0.5, 0.6) is 0 Å². The molecule has 0 aromatic carbocycles. The number of aryl methyl sites for hydroxylation is 1. The Labute approximate surface area is 118 Å². The molecule has 21 heavy (non-hydrogen) atoms. The maximum absolute atomic E-state index is 11.8. The molecule has 8 heteroatoms. The average molecular weight is 290 g/mol. The Morgan fingerprint density at radius 3 is 2.67 bits per heavy atom. The second-order valence-electron chi connectivity index (χ2n) is 4.48. The molecule has 0 saturated heterocycles. The predicted octanol–water partition coefficient (Wildman–Crippen LogP) is -0.369. The van der Waals surface area contributed by atoms with Gasteiger partial charge in [0.25, 0.3) is 5.56 Å². The molecular formula is C13H14N4O4. The topological polar surface area (TPSA) is 128 Å². The molecule has 0 aliphatic carbocycles. The van der Waals surface area contributed by atoms with E-state index in [0.29, 0.717) is 11.3 Å². The normalized spacial score (nSPS) is 10.3. The van der Waals surface area contributed by atoms with Gasteiger partial charge in [0, 0.05) is 36.1 Å². The van der Waals surface area contributed by atoms with E-state index in [1.807, 2.05) is 0 Å². The first kappa shape index (κ1) is 14.5. The minimum absolute atomic E-state index is 0.0182. The van der Waals surface area contributed by atoms with Crippen molar-refractivity contribution in [2.24, 2.45) is 0 Å². The van der Waals surface area contributed by atoms with Crippen molar-refractivity contribution in [3.8, 4) is 0 Å². The van der Waals surface area contributed by atoms with Crippen LogP contribution in [0.1, 0.15) is 17.7 Å². The summed E-state index contributed by atoms with van der Waals surface area (Å²) in [4.78, 5) is 53.2. The molecule has 0 unspecified atom stereocenters. The highest BCUT2D eigenvalue weighted by Crippen LogP contribution is 2.02. The van der Waals surface area contributed by atoms with Gasteiger partial charge in [-0.15, -0.1) is 0 Å². The molecule has 0 radical (unpaired) electrons. The monoisotopic (exact) mass is 290 g/mol. The fourth-order valence-electron chi connectivity index (χ4n) is 1.89. The minimum atomic E-state index is -0.582. The smallest absolute Gasteiger partial charge is 0.325 e. The number of carbonyl (C=O) groups excluding carboxylic acids is 1. The Hall–Kier alpha value is -2.90. The van der Waals surface area contributed by atoms with Gasteiger partial charge in [0.2, 0.25) is 11.3 Å². The van der Waals surface area contributed by atoms with Crippen LogP contribution in [0, 0.1) is 6.92 Å². The number of H-pyrrole nitrogens is 3. The first-order valence-electron chi connectivity index (χ1n) is 6.26. The zero-order valence-corrected chi connectivity index (χ0v) is 11.3. The van der Waals surface area contributed by atoms with Crippen LogP contribution in [0.4, 0.5) is 5.69 Å². The molecule has 0 spiro atoms. The van der Waals surface area contributed by atoms with Gasteiger partial charge < -0.3 is 15.3 Å². The predicted molar refractivity (Wildman–Crippen MR) is 76.4 cm³/mol. The highest BCUT2D eigenvalue weighted by molar-refractivity contribution is 5.90. The van der Waals surface area contributed by atoms with E-state index in [1.54, 1.807) is 6.92 Å². The van der Waals surface area contributed by atoms with Gasteiger partial charge >= 0.3 is 5.69 Å². The standard InChI is InChI=1S/C13H14N4O4/c1-7-8(12(20)17-13(21)15-7)2-3-11(19)16-9-6-14-5-4-10(9)18/h4-6H,2-3H2,1H3,(H,14,18)(H,16,19)(H2,15,17,20,21). The van der Waals surface area contributed by atoms with Crippen molar-refractivity contribution in [3.63, 3.8) is 0 Å². The summed E-state index contributed by atoms with van der Waals surface area (Å²) in [5.41, 5.74) is -0.487. The van der Waals surface area contributed by atoms with Gasteiger partial charge in [0.05, 0.1) is 0 Å². The lowest BCUT2D eigenvalue weighted by Gasteiger charge is -2.05. The van der Waals surface area contributed by atoms with Crippen LogP contribution < -0.4 is 22.0 Å². The van der Waals surface area contributed by atoms with Gasteiger partial charge in [-0.3, -0.25) is 19.4 Å². The Kier molecular flexibility index (Phi) is 4.17. The number of aromatic nitrogens is 3. The molecule has 0 aliphatic heterocycles. The van der Waals surface area contributed by atoms with E-state index in [1.165, 1.54) is 18.5 Å². The van der Waals surface area contributed by atoms with Crippen molar-refractivity contribution in [3.05, 3.63) is 60.8 Å². The van der Waals surface area contributed by atoms with Crippen molar-refractivity contribution in [1.29, 1.82) is 0 Å². The zero-order chi connectivity index (χ0) is 15.4. The lowest BCUT2D eigenvalue weighted by Crippen LogP contribution is -2.28. The van der Waals surface area contributed by atoms with E-state index in [-0.39, 0.29) is 24.0 Å². The Balaban J connectivity index is 2.06. The molecule has 8 nitrogen and oxygen atoms in total. The minimum Gasteiger partial charge on any atom is -0.366 e. The third-order valence-corrected chi connectivity index (χ3v) is 2.96. The van der Waals surface area contributed by atoms with Gasteiger partial charge in [-0.05, 0) is 13.3 Å². The second-order valence-corrected chi connectivity index (χ2v) is 4.48. The van der Waals surface area contributed by atoms with E-state index in [9.17, 15) is 19.2 Å². The summed E-state index contributed by atoms with van der Waals surface area (Å²) in [5, 5.41) is 2.46. The summed E-state index contributed by atoms with van der Waals surface area (Å²) in [5.74, 6) is -0.392. The summed E-state index contributed by atoms with van der Waals surface area (Å²) in [6, 6.07) is 1.30. The van der Waals surface area contributed by atoms with Gasteiger partial charge in [0.1, 0.15) is 5.69 Å². The Bertz CT molecular complexity index is 831. The molecule has 0 bridgehead atoms. The fourth-order valence-corrected chi connectivity index (χ4v) is 1.89. The molecule has 2 aromatic rings. The number of aromatic amines is 3. The van der Waals surface area contributed by atoms with Crippen LogP contribution in [0.25, 0.3) is 0 Å². The van der Waals surface area contributed by atoms with Gasteiger partial charge in [0.15, 0.2) is 0 Å². The Morgan fingerprint density at radius 2 is 2.00 bits per heavy atom. The maximum Gasteiger partial charge on any atom is 0.325 e. The van der Waals surface area contributed by atoms with E-state index in [0.717, 1.165) is 0 Å². The molecule has 0 aliphatic rings. The number of hydrogen-bond donors (Lipinski definition) is 4. The van der Waals surface area contributed by atoms with E-state index in [4.69, 9.17) is 0 Å². The number of carbonyl (C=O) groups is 1. The quantitative estimate of drug-likeness (QED) is 0.612. The highest BCUT2D eigenvalue weighted by atomic mass is 16.2. The van der Waals surface area contributed by atoms with Crippen LogP contribution in [0.2, 0.25) is 0 Å². The van der Waals surface area contributed by atoms with Crippen LogP contribution in [-0.2, 0) is 11.2 Å². The highest BCUT2D eigenvalue weighted by Gasteiger charge is 2.10. The fraction of sp³-hybridized carbons (Fsp3) is 0.231. The van der Waals surface area contributed by atoms with E-state index < -0.39 is 17.2 Å². The summed E-state index contributed by atoms with van der Waals surface area (Å²) >= 11 is 0. The average Bonchev–Trinajstić information content (AvgIpc) is 2.40. The first-order valence-corrected chi connectivity index (χ1v) is 6.26. The first-order chi connectivity index (χ1) is 9.97. The molecule has 1 amide bonds. The SMILES string of the molecule is Cc1[nH]c(=O)[nH]c(=O)c1CCC(=O)Nc1c[nH]ccc1=O. The van der Waals surface area contributed by atoms with Crippen molar-refractivity contribution >= 4 is 11.6 Å². The van der Waals surface area contributed by atoms with Crippen molar-refractivity contribution in [2.75, 3.05) is 5.32 Å². The Morgan fingerprint density at radius 1 is 1.24 bits per heavy atom. The molecule has 2 aromatic heterocycles. The van der Waals surface area contributed by atoms with Gasteiger partial charge in [-0.25, -0.2) is 4.79 Å². The molecular weight excluding hydrogens is 276 g/mol. The zero-order valence-electron chi connectivity index (χ0n) is 11.3. The number of anilines is 1. The van der Waals surface area contributed by atoms with Gasteiger partial charge in [-0.1, -0.05) is 0 Å². The van der Waals surface area contributed by atoms with Crippen molar-refractivity contribution in [2.45, 2.75) is 19.8 Å². The summed E-state index contributed by atoms with van der Waals surface area (Å²) < 4.78 is 0. The van der Waals surface area contributed by atoms with E-state index >= 15 is 0 Å². The number of pyridine rings is 1. The molecule has 2 rings (SSSR count). The number of nitrogens with one attached hydrogen (secondary N) is 4. The lowest BCUT2D eigenvalue weighted by atomic mass is 10.1. The summed E-state index contributed by atoms with van der Waals surface area (Å²) in [6.45, 7) is 1.59. The third kappa shape index (κ3) is 3.56. The summed E-state index contributed by atoms with van der Waals surface area (Å²) in [6.07, 6.45) is 3.03. The number of amides is 1. The van der Waals surface area contributed by atoms with Crippen LogP contribution in [0.15, 0.2) is 32.8 Å². The van der Waals surface area contributed by atoms with Crippen LogP contribution in [0.3, 0.4) is 0 Å². The van der Waals surface area contributed by atoms with Crippen LogP contribution >= 0.6 is 0 Å². The number of hydrogen-bond acceptors (Lipinski definition) is 4. The van der Waals surface area contributed by atoms with Crippen molar-refractivity contribution in [1.82, 2.24) is 15.0 Å². The molecule has 110 valence electrons. The van der Waals surface area contributed by atoms with Crippen LogP contribution in [-0.4, -0.2) is 20.9 Å². The van der Waals surface area contributed by atoms with Crippen molar-refractivity contribution < 1.29 is 4.79 Å². The molecule has 4 N–H and O–H groups in total. The third-order valence-electron chi connectivity index (χ3n) is 2.96. The molecule has 0 fully saturated rings. The molecule has 2 heterocycles.